The predicted octanol–water partition coefficient (Wildman–Crippen LogP) is 6.36. The summed E-state index contributed by atoms with van der Waals surface area (Å²) >= 11 is 0. The maximum Gasteiger partial charge on any atom is 0.238 e. The van der Waals surface area contributed by atoms with Crippen molar-refractivity contribution in [1.82, 2.24) is 0 Å². The van der Waals surface area contributed by atoms with Crippen molar-refractivity contribution in [3.8, 4) is 79.8 Å². The molecule has 0 aliphatic carbocycles. The van der Waals surface area contributed by atoms with Crippen molar-refractivity contribution < 1.29 is 47.5 Å². The van der Waals surface area contributed by atoms with Crippen LogP contribution in [-0.4, -0.2) is 52.9 Å². The Morgan fingerprint density at radius 3 is 1.19 bits per heavy atom. The van der Waals surface area contributed by atoms with E-state index in [1.54, 1.807) is 36.4 Å². The molecule has 0 spiro atoms. The molecule has 0 fully saturated rings. The van der Waals surface area contributed by atoms with E-state index in [4.69, 9.17) is 37.3 Å². The first-order chi connectivity index (χ1) is 23.2. The van der Waals surface area contributed by atoms with Crippen LogP contribution in [0.2, 0.25) is 0 Å². The summed E-state index contributed by atoms with van der Waals surface area (Å²) < 4.78 is 44.9. The van der Waals surface area contributed by atoms with Crippen LogP contribution in [-0.2, 0) is 0 Å². The van der Waals surface area contributed by atoms with Gasteiger partial charge in [-0.15, -0.1) is 0 Å². The fraction of sp³-hybridized carbons (Fsp3) is 0.167. The van der Waals surface area contributed by atoms with Crippen molar-refractivity contribution in [3.63, 3.8) is 0 Å². The second kappa shape index (κ2) is 12.5. The van der Waals surface area contributed by atoms with E-state index in [2.05, 4.69) is 0 Å². The third-order valence-electron chi connectivity index (χ3n) is 7.94. The molecular weight excluding hydrogens is 624 g/mol. The first-order valence-electron chi connectivity index (χ1n) is 14.4. The van der Waals surface area contributed by atoms with Gasteiger partial charge in [0.15, 0.2) is 11.5 Å². The second-order valence-corrected chi connectivity index (χ2v) is 10.5. The van der Waals surface area contributed by atoms with Gasteiger partial charge in [-0.25, -0.2) is 0 Å². The minimum atomic E-state index is -0.697. The molecule has 246 valence electrons. The minimum Gasteiger partial charge on any atom is -0.502 e. The highest BCUT2D eigenvalue weighted by Gasteiger charge is 2.24. The highest BCUT2D eigenvalue weighted by molar-refractivity contribution is 5.91. The topological polar surface area (TPSA) is 156 Å². The lowest BCUT2D eigenvalue weighted by Gasteiger charge is -2.16. The van der Waals surface area contributed by atoms with Crippen molar-refractivity contribution in [1.29, 1.82) is 0 Å². The number of ether oxygens (including phenoxy) is 6. The van der Waals surface area contributed by atoms with E-state index in [1.165, 1.54) is 66.9 Å². The van der Waals surface area contributed by atoms with Gasteiger partial charge in [0.05, 0.1) is 42.7 Å². The lowest BCUT2D eigenvalue weighted by molar-refractivity contribution is 0.394. The molecule has 48 heavy (non-hydrogen) atoms. The smallest absolute Gasteiger partial charge is 0.238 e. The Labute approximate surface area is 272 Å². The Morgan fingerprint density at radius 2 is 0.854 bits per heavy atom. The third-order valence-corrected chi connectivity index (χ3v) is 7.94. The van der Waals surface area contributed by atoms with Crippen LogP contribution >= 0.6 is 0 Å². The maximum atomic E-state index is 13.4. The summed E-state index contributed by atoms with van der Waals surface area (Å²) in [4.78, 5) is 26.7. The number of hydrogen-bond acceptors (Lipinski definition) is 12. The van der Waals surface area contributed by atoms with E-state index < -0.39 is 22.4 Å². The van der Waals surface area contributed by atoms with Crippen LogP contribution in [0.25, 0.3) is 55.7 Å². The monoisotopic (exact) mass is 654 g/mol. The van der Waals surface area contributed by atoms with Gasteiger partial charge >= 0.3 is 0 Å². The summed E-state index contributed by atoms with van der Waals surface area (Å²) in [6.07, 6.45) is 0. The van der Waals surface area contributed by atoms with E-state index in [0.717, 1.165) is 0 Å². The van der Waals surface area contributed by atoms with Gasteiger partial charge in [-0.3, -0.25) is 9.59 Å². The standard InChI is InChI=1S/C36H30O12/c1-41-19-13-25(45-5)29-27(15-19)47-35(33(39)31(29)37)17-7-9-23(43-3)21(11-17)22-12-18(8-10-24(22)44-4)36-34(40)32(38)30-26(46-6)14-20(42-2)16-28(30)48-36/h7-16,39-40H,1-6H3. The number of methoxy groups -OCH3 is 6. The molecule has 6 rings (SSSR count). The van der Waals surface area contributed by atoms with Crippen LogP contribution in [0.15, 0.2) is 79.1 Å². The summed E-state index contributed by atoms with van der Waals surface area (Å²) in [5.41, 5.74) is 0.462. The predicted molar refractivity (Wildman–Crippen MR) is 177 cm³/mol. The molecule has 12 heteroatoms. The largest absolute Gasteiger partial charge is 0.502 e. The van der Waals surface area contributed by atoms with Gasteiger partial charge in [-0.2, -0.15) is 0 Å². The molecule has 6 aromatic rings. The number of fused-ring (bicyclic) bond motifs is 2. The minimum absolute atomic E-state index is 0.0505. The Kier molecular flexibility index (Phi) is 8.23. The van der Waals surface area contributed by atoms with Gasteiger partial charge in [-0.1, -0.05) is 0 Å². The summed E-state index contributed by atoms with van der Waals surface area (Å²) in [6.45, 7) is 0. The number of hydrogen-bond donors (Lipinski definition) is 2. The fourth-order valence-corrected chi connectivity index (χ4v) is 5.57. The molecule has 2 N–H and O–H groups in total. The molecule has 0 unspecified atom stereocenters. The molecule has 0 aliphatic rings. The van der Waals surface area contributed by atoms with Crippen LogP contribution in [0, 0.1) is 0 Å². The third kappa shape index (κ3) is 5.13. The second-order valence-electron chi connectivity index (χ2n) is 10.5. The zero-order valence-electron chi connectivity index (χ0n) is 26.8. The van der Waals surface area contributed by atoms with E-state index in [9.17, 15) is 19.8 Å². The zero-order chi connectivity index (χ0) is 34.3. The van der Waals surface area contributed by atoms with Crippen molar-refractivity contribution in [2.24, 2.45) is 0 Å². The Balaban J connectivity index is 1.57. The number of aromatic hydroxyl groups is 2. The number of rotatable bonds is 9. The van der Waals surface area contributed by atoms with E-state index in [-0.39, 0.29) is 45.0 Å². The Bertz CT molecular complexity index is 2170. The first-order valence-corrected chi connectivity index (χ1v) is 14.4. The highest BCUT2D eigenvalue weighted by atomic mass is 16.5. The van der Waals surface area contributed by atoms with Crippen LogP contribution in [0.3, 0.4) is 0 Å². The molecule has 0 radical (unpaired) electrons. The van der Waals surface area contributed by atoms with Gasteiger partial charge in [-0.05, 0) is 36.4 Å². The van der Waals surface area contributed by atoms with Crippen LogP contribution in [0.5, 0.6) is 46.0 Å². The molecule has 4 aromatic carbocycles. The molecule has 12 nitrogen and oxygen atoms in total. The lowest BCUT2D eigenvalue weighted by Crippen LogP contribution is -2.05. The average Bonchev–Trinajstić information content (AvgIpc) is 3.12. The van der Waals surface area contributed by atoms with Crippen LogP contribution < -0.4 is 39.3 Å². The van der Waals surface area contributed by atoms with E-state index >= 15 is 0 Å². The van der Waals surface area contributed by atoms with E-state index in [1.807, 2.05) is 0 Å². The molecule has 0 saturated carbocycles. The molecule has 0 aliphatic heterocycles. The van der Waals surface area contributed by atoms with Crippen molar-refractivity contribution in [2.45, 2.75) is 0 Å². The zero-order valence-corrected chi connectivity index (χ0v) is 26.8. The summed E-state index contributed by atoms with van der Waals surface area (Å²) in [7, 11) is 8.69. The molecule has 0 bridgehead atoms. The highest BCUT2D eigenvalue weighted by Crippen LogP contribution is 2.44. The maximum absolute atomic E-state index is 13.4. The van der Waals surface area contributed by atoms with Gasteiger partial charge in [0.2, 0.25) is 22.4 Å². The SMILES string of the molecule is COc1cc(OC)c2c(=O)c(O)c(-c3ccc(OC)c(-c4cc(-c5oc6cc(OC)cc(OC)c6c(=O)c5O)ccc4OC)c3)oc2c1. The fourth-order valence-electron chi connectivity index (χ4n) is 5.57. The molecule has 0 atom stereocenters. The molecule has 2 heterocycles. The average molecular weight is 655 g/mol. The summed E-state index contributed by atoms with van der Waals surface area (Å²) in [5.74, 6) is 0.458. The lowest BCUT2D eigenvalue weighted by atomic mass is 9.96. The Hall–Kier alpha value is -6.30. The van der Waals surface area contributed by atoms with E-state index in [0.29, 0.717) is 45.3 Å². The normalized spacial score (nSPS) is 11.0. The molecule has 2 aromatic heterocycles. The van der Waals surface area contributed by atoms with Gasteiger partial charge < -0.3 is 47.5 Å². The van der Waals surface area contributed by atoms with Crippen molar-refractivity contribution >= 4 is 21.9 Å². The van der Waals surface area contributed by atoms with Crippen LogP contribution in [0.1, 0.15) is 0 Å². The van der Waals surface area contributed by atoms with Gasteiger partial charge in [0.1, 0.15) is 56.4 Å². The van der Waals surface area contributed by atoms with Crippen molar-refractivity contribution in [2.75, 3.05) is 42.7 Å². The van der Waals surface area contributed by atoms with Gasteiger partial charge in [0, 0.05) is 46.5 Å². The van der Waals surface area contributed by atoms with Crippen molar-refractivity contribution in [3.05, 3.63) is 81.1 Å². The Morgan fingerprint density at radius 1 is 0.479 bits per heavy atom. The molecule has 0 saturated heterocycles. The first kappa shape index (κ1) is 31.7. The number of benzene rings is 4. The van der Waals surface area contributed by atoms with Crippen LogP contribution in [0.4, 0.5) is 0 Å². The molecular formula is C36H30O12. The van der Waals surface area contributed by atoms with Gasteiger partial charge in [0.25, 0.3) is 0 Å². The molecule has 0 amide bonds. The quantitative estimate of drug-likeness (QED) is 0.178. The summed E-state index contributed by atoms with van der Waals surface area (Å²) in [6, 6.07) is 15.9. The summed E-state index contributed by atoms with van der Waals surface area (Å²) in [5, 5.41) is 22.2.